The molecule has 0 spiro atoms. The first-order valence-corrected chi connectivity index (χ1v) is 24.4. The molecule has 0 saturated carbocycles. The van der Waals surface area contributed by atoms with Crippen LogP contribution in [0.5, 0.6) is 0 Å². The van der Waals surface area contributed by atoms with Crippen LogP contribution in [0.2, 0.25) is 0 Å². The van der Waals surface area contributed by atoms with Gasteiger partial charge in [-0.05, 0) is 109 Å². The highest BCUT2D eigenvalue weighted by atomic mass is 16.6. The molecule has 1 atom stereocenters. The lowest BCUT2D eigenvalue weighted by Crippen LogP contribution is -2.30. The summed E-state index contributed by atoms with van der Waals surface area (Å²) in [5.41, 5.74) is 0. The van der Waals surface area contributed by atoms with Gasteiger partial charge in [0.15, 0.2) is 6.10 Å². The molecule has 340 valence electrons. The average molecular weight is 831 g/mol. The quantitative estimate of drug-likeness (QED) is 0.0348. The third-order valence-corrected chi connectivity index (χ3v) is 9.75. The highest BCUT2D eigenvalue weighted by molar-refractivity contribution is 5.70. The smallest absolute Gasteiger partial charge is 0.306 e. The first-order chi connectivity index (χ1) is 29.6. The van der Waals surface area contributed by atoms with Gasteiger partial charge >= 0.3 is 11.9 Å². The molecular weight excluding hydrogens is 741 g/mol. The van der Waals surface area contributed by atoms with Crippen molar-refractivity contribution in [2.45, 2.75) is 207 Å². The normalized spacial score (nSPS) is 13.2. The Morgan fingerprint density at radius 1 is 0.383 bits per heavy atom. The van der Waals surface area contributed by atoms with Gasteiger partial charge in [0.2, 0.25) is 0 Å². The maximum absolute atomic E-state index is 12.8. The first kappa shape index (κ1) is 56.6. The fraction of sp³-hybridized carbons (Fsp3) is 0.636. The lowest BCUT2D eigenvalue weighted by molar-refractivity contribution is -0.163. The summed E-state index contributed by atoms with van der Waals surface area (Å²) in [6, 6.07) is 0. The van der Waals surface area contributed by atoms with Crippen LogP contribution in [0, 0.1) is 0 Å². The SMILES string of the molecule is CC/C=C\C/C=C\C/C=C\C/C=C\CCCOCC(COC(=O)CCCCCCCCC/C=C\C/C=C\C/C=C\CC)OC(=O)CCCCCCC/C=C\C/C=C\CCC. The van der Waals surface area contributed by atoms with Gasteiger partial charge < -0.3 is 14.2 Å². The highest BCUT2D eigenvalue weighted by Gasteiger charge is 2.17. The van der Waals surface area contributed by atoms with Crippen molar-refractivity contribution < 1.29 is 23.8 Å². The lowest BCUT2D eigenvalue weighted by atomic mass is 10.1. The van der Waals surface area contributed by atoms with E-state index in [1.807, 2.05) is 0 Å². The number of esters is 2. The molecule has 0 aliphatic carbocycles. The Kier molecular flexibility index (Phi) is 47.1. The monoisotopic (exact) mass is 831 g/mol. The van der Waals surface area contributed by atoms with Gasteiger partial charge in [0.05, 0.1) is 6.61 Å². The van der Waals surface area contributed by atoms with Crippen LogP contribution in [-0.4, -0.2) is 37.9 Å². The largest absolute Gasteiger partial charge is 0.462 e. The Balaban J connectivity index is 4.39. The van der Waals surface area contributed by atoms with Crippen LogP contribution in [0.3, 0.4) is 0 Å². The molecule has 5 heteroatoms. The second-order valence-corrected chi connectivity index (χ2v) is 15.6. The number of carbonyl (C=O) groups is 2. The van der Waals surface area contributed by atoms with Crippen LogP contribution in [0.15, 0.2) is 109 Å². The minimum Gasteiger partial charge on any atom is -0.462 e. The summed E-state index contributed by atoms with van der Waals surface area (Å²) in [6.45, 7) is 7.36. The van der Waals surface area contributed by atoms with Crippen molar-refractivity contribution in [3.8, 4) is 0 Å². The fourth-order valence-corrected chi connectivity index (χ4v) is 6.21. The van der Waals surface area contributed by atoms with Gasteiger partial charge in [0.25, 0.3) is 0 Å². The molecule has 0 aliphatic heterocycles. The molecule has 0 aromatic heterocycles. The number of allylic oxidation sites excluding steroid dienone is 18. The number of ether oxygens (including phenoxy) is 3. The van der Waals surface area contributed by atoms with Crippen LogP contribution in [-0.2, 0) is 23.8 Å². The molecule has 0 bridgehead atoms. The number of hydrogen-bond acceptors (Lipinski definition) is 5. The zero-order valence-electron chi connectivity index (χ0n) is 38.9. The summed E-state index contributed by atoms with van der Waals surface area (Å²) in [4.78, 5) is 25.3. The van der Waals surface area contributed by atoms with Crippen molar-refractivity contribution in [3.05, 3.63) is 109 Å². The Labute approximate surface area is 370 Å². The van der Waals surface area contributed by atoms with Gasteiger partial charge in [0, 0.05) is 19.4 Å². The lowest BCUT2D eigenvalue weighted by Gasteiger charge is -2.18. The molecule has 0 rings (SSSR count). The van der Waals surface area contributed by atoms with E-state index in [4.69, 9.17) is 14.2 Å². The van der Waals surface area contributed by atoms with Gasteiger partial charge in [-0.2, -0.15) is 0 Å². The van der Waals surface area contributed by atoms with Gasteiger partial charge in [-0.3, -0.25) is 9.59 Å². The molecule has 0 radical (unpaired) electrons. The second kappa shape index (κ2) is 49.9. The molecule has 5 nitrogen and oxygen atoms in total. The molecule has 0 aliphatic rings. The third kappa shape index (κ3) is 47.2. The molecule has 0 fully saturated rings. The maximum Gasteiger partial charge on any atom is 0.306 e. The van der Waals surface area contributed by atoms with E-state index >= 15 is 0 Å². The highest BCUT2D eigenvalue weighted by Crippen LogP contribution is 2.13. The minimum absolute atomic E-state index is 0.0460. The molecule has 0 saturated heterocycles. The van der Waals surface area contributed by atoms with Crippen LogP contribution in [0.1, 0.15) is 201 Å². The van der Waals surface area contributed by atoms with E-state index in [0.717, 1.165) is 122 Å². The Bertz CT molecular complexity index is 1210. The van der Waals surface area contributed by atoms with E-state index < -0.39 is 6.10 Å². The standard InChI is InChI=1S/C55H90O5/c1-4-7-10-13-16-19-22-25-27-28-29-31-33-36-39-42-45-48-54(56)59-52-53(51-58-50-47-44-41-38-35-32-26-23-20-17-14-11-8-5-2)60-55(57)49-46-43-40-37-34-30-24-21-18-15-12-9-6-3/h7-8,10-12,15-17,19-21,24-27,32,38,41,53H,4-6,9,13-14,18,22-23,28-31,33-37,39-40,42-52H2,1-3H3/b10-7-,11-8-,15-12-,19-16-,20-17-,24-21-,27-25-,32-26-,41-38-. The van der Waals surface area contributed by atoms with Crippen molar-refractivity contribution in [2.24, 2.45) is 0 Å². The van der Waals surface area contributed by atoms with E-state index in [1.54, 1.807) is 0 Å². The average Bonchev–Trinajstić information content (AvgIpc) is 3.25. The molecule has 0 amide bonds. The number of carbonyl (C=O) groups excluding carboxylic acids is 2. The second-order valence-electron chi connectivity index (χ2n) is 15.6. The van der Waals surface area contributed by atoms with Crippen molar-refractivity contribution in [1.82, 2.24) is 0 Å². The Morgan fingerprint density at radius 2 is 0.750 bits per heavy atom. The molecule has 0 aromatic carbocycles. The van der Waals surface area contributed by atoms with Crippen LogP contribution in [0.4, 0.5) is 0 Å². The zero-order chi connectivity index (χ0) is 43.5. The van der Waals surface area contributed by atoms with Gasteiger partial charge in [0.1, 0.15) is 6.61 Å². The van der Waals surface area contributed by atoms with E-state index in [9.17, 15) is 9.59 Å². The van der Waals surface area contributed by atoms with Gasteiger partial charge in [-0.25, -0.2) is 0 Å². The van der Waals surface area contributed by atoms with Crippen LogP contribution in [0.25, 0.3) is 0 Å². The Hall–Kier alpha value is -3.44. The summed E-state index contributed by atoms with van der Waals surface area (Å²) < 4.78 is 17.3. The predicted octanol–water partition coefficient (Wildman–Crippen LogP) is 16.4. The molecule has 0 aromatic rings. The first-order valence-electron chi connectivity index (χ1n) is 24.4. The molecular formula is C55H90O5. The van der Waals surface area contributed by atoms with Crippen molar-refractivity contribution in [2.75, 3.05) is 19.8 Å². The number of rotatable bonds is 43. The van der Waals surface area contributed by atoms with E-state index in [-0.39, 0.29) is 25.2 Å². The fourth-order valence-electron chi connectivity index (χ4n) is 6.21. The van der Waals surface area contributed by atoms with Crippen LogP contribution < -0.4 is 0 Å². The summed E-state index contributed by atoms with van der Waals surface area (Å²) >= 11 is 0. The van der Waals surface area contributed by atoms with E-state index in [1.165, 1.54) is 44.9 Å². The topological polar surface area (TPSA) is 61.8 Å². The number of unbranched alkanes of at least 4 members (excludes halogenated alkanes) is 14. The summed E-state index contributed by atoms with van der Waals surface area (Å²) in [5.74, 6) is -0.463. The summed E-state index contributed by atoms with van der Waals surface area (Å²) in [7, 11) is 0. The molecule has 1 unspecified atom stereocenters. The maximum atomic E-state index is 12.8. The van der Waals surface area contributed by atoms with E-state index in [0.29, 0.717) is 19.4 Å². The summed E-state index contributed by atoms with van der Waals surface area (Å²) in [5, 5.41) is 0. The van der Waals surface area contributed by atoms with Crippen LogP contribution >= 0.6 is 0 Å². The van der Waals surface area contributed by atoms with Gasteiger partial charge in [-0.1, -0.05) is 188 Å². The summed E-state index contributed by atoms with van der Waals surface area (Å²) in [6.07, 6.45) is 68.2. The van der Waals surface area contributed by atoms with Crippen molar-refractivity contribution in [1.29, 1.82) is 0 Å². The van der Waals surface area contributed by atoms with E-state index in [2.05, 4.69) is 130 Å². The number of hydrogen-bond donors (Lipinski definition) is 0. The van der Waals surface area contributed by atoms with Gasteiger partial charge in [-0.15, -0.1) is 0 Å². The van der Waals surface area contributed by atoms with Crippen molar-refractivity contribution in [3.63, 3.8) is 0 Å². The molecule has 0 heterocycles. The predicted molar refractivity (Wildman–Crippen MR) is 260 cm³/mol. The molecule has 0 N–H and O–H groups in total. The van der Waals surface area contributed by atoms with Crippen molar-refractivity contribution >= 4 is 11.9 Å². The third-order valence-electron chi connectivity index (χ3n) is 9.75. The zero-order valence-corrected chi connectivity index (χ0v) is 38.9. The minimum atomic E-state index is -0.582. The molecule has 60 heavy (non-hydrogen) atoms. The Morgan fingerprint density at radius 3 is 1.20 bits per heavy atom.